The van der Waals surface area contributed by atoms with Crippen molar-refractivity contribution in [1.82, 2.24) is 0 Å². The van der Waals surface area contributed by atoms with Gasteiger partial charge in [0.1, 0.15) is 11.5 Å². The van der Waals surface area contributed by atoms with Crippen LogP contribution in [0.3, 0.4) is 0 Å². The zero-order valence-corrected chi connectivity index (χ0v) is 7.45. The fraction of sp³-hybridized carbons (Fsp3) is 0.125. The number of nitrogens with zero attached hydrogens (tertiary/aromatic N) is 1. The first-order valence-electron chi connectivity index (χ1n) is 3.68. The molecule has 0 spiro atoms. The highest BCUT2D eigenvalue weighted by Crippen LogP contribution is 2.25. The number of oxime groups is 1. The summed E-state index contributed by atoms with van der Waals surface area (Å²) in [6.45, 7) is 0. The van der Waals surface area contributed by atoms with Crippen LogP contribution < -0.4 is 0 Å². The van der Waals surface area contributed by atoms with Crippen molar-refractivity contribution in [2.75, 3.05) is 5.75 Å². The average Bonchev–Trinajstić information content (AvgIpc) is 2.39. The molecule has 4 nitrogen and oxygen atoms in total. The second kappa shape index (κ2) is 2.56. The smallest absolute Gasteiger partial charge is 0.184 e. The van der Waals surface area contributed by atoms with Crippen LogP contribution in [0.2, 0.25) is 0 Å². The van der Waals surface area contributed by atoms with Crippen LogP contribution in [0, 0.1) is 0 Å². The van der Waals surface area contributed by atoms with Crippen LogP contribution in [0.1, 0.15) is 5.56 Å². The number of hydrogen-bond acceptors (Lipinski definition) is 4. The summed E-state index contributed by atoms with van der Waals surface area (Å²) in [6, 6.07) is 6.51. The molecule has 0 aliphatic carbocycles. The number of benzene rings is 1. The lowest BCUT2D eigenvalue weighted by Crippen LogP contribution is -2.04. The third-order valence-corrected chi connectivity index (χ3v) is 3.66. The van der Waals surface area contributed by atoms with E-state index in [1.54, 1.807) is 18.2 Å². The monoisotopic (exact) mass is 197 g/mol. The van der Waals surface area contributed by atoms with E-state index in [0.717, 1.165) is 0 Å². The maximum absolute atomic E-state index is 11.4. The predicted octanol–water partition coefficient (Wildman–Crippen LogP) is 0.652. The van der Waals surface area contributed by atoms with Crippen molar-refractivity contribution in [3.05, 3.63) is 29.8 Å². The largest absolute Gasteiger partial charge is 0.411 e. The van der Waals surface area contributed by atoms with E-state index in [1.807, 2.05) is 0 Å². The third-order valence-electron chi connectivity index (χ3n) is 1.98. The van der Waals surface area contributed by atoms with Gasteiger partial charge >= 0.3 is 0 Å². The van der Waals surface area contributed by atoms with Gasteiger partial charge in [-0.1, -0.05) is 23.4 Å². The summed E-state index contributed by atoms with van der Waals surface area (Å²) >= 11 is 0. The Morgan fingerprint density at radius 2 is 2.00 bits per heavy atom. The molecule has 0 amide bonds. The van der Waals surface area contributed by atoms with Crippen molar-refractivity contribution in [3.63, 3.8) is 0 Å². The number of hydrogen-bond donors (Lipinski definition) is 1. The van der Waals surface area contributed by atoms with Gasteiger partial charge < -0.3 is 5.21 Å². The molecule has 1 aromatic rings. The molecule has 0 atom stereocenters. The van der Waals surface area contributed by atoms with Crippen LogP contribution in [-0.4, -0.2) is 25.1 Å². The zero-order valence-electron chi connectivity index (χ0n) is 6.64. The van der Waals surface area contributed by atoms with Gasteiger partial charge in [0, 0.05) is 5.56 Å². The van der Waals surface area contributed by atoms with E-state index >= 15 is 0 Å². The van der Waals surface area contributed by atoms with Gasteiger partial charge in [0.25, 0.3) is 0 Å². The highest BCUT2D eigenvalue weighted by atomic mass is 32.2. The number of fused-ring (bicyclic) bond motifs is 1. The van der Waals surface area contributed by atoms with Crippen LogP contribution in [0.5, 0.6) is 0 Å². The molecule has 0 bridgehead atoms. The van der Waals surface area contributed by atoms with Gasteiger partial charge in [-0.3, -0.25) is 0 Å². The van der Waals surface area contributed by atoms with Gasteiger partial charge in [-0.25, -0.2) is 8.42 Å². The Morgan fingerprint density at radius 3 is 2.69 bits per heavy atom. The minimum atomic E-state index is -3.26. The summed E-state index contributed by atoms with van der Waals surface area (Å²) in [6.07, 6.45) is 0. The quantitative estimate of drug-likeness (QED) is 0.490. The SMILES string of the molecule is O=S1(=O)CC(=NO)c2ccccc21. The van der Waals surface area contributed by atoms with E-state index in [1.165, 1.54) is 6.07 Å². The minimum absolute atomic E-state index is 0.206. The summed E-state index contributed by atoms with van der Waals surface area (Å²) < 4.78 is 22.9. The van der Waals surface area contributed by atoms with E-state index in [0.29, 0.717) is 5.56 Å². The Balaban J connectivity index is 2.79. The first-order valence-corrected chi connectivity index (χ1v) is 5.33. The summed E-state index contributed by atoms with van der Waals surface area (Å²) in [5, 5.41) is 11.5. The third kappa shape index (κ3) is 1.12. The molecular weight excluding hydrogens is 190 g/mol. The van der Waals surface area contributed by atoms with Gasteiger partial charge in [0.05, 0.1) is 4.90 Å². The van der Waals surface area contributed by atoms with Crippen molar-refractivity contribution >= 4 is 15.5 Å². The Morgan fingerprint density at radius 1 is 1.31 bits per heavy atom. The van der Waals surface area contributed by atoms with E-state index in [9.17, 15) is 8.42 Å². The molecule has 1 aliphatic rings. The molecule has 13 heavy (non-hydrogen) atoms. The molecule has 5 heteroatoms. The molecular formula is C8H7NO3S. The summed E-state index contributed by atoms with van der Waals surface area (Å²) in [7, 11) is -3.26. The second-order valence-corrected chi connectivity index (χ2v) is 4.76. The van der Waals surface area contributed by atoms with Crippen molar-refractivity contribution in [3.8, 4) is 0 Å². The lowest BCUT2D eigenvalue weighted by atomic mass is 10.1. The molecule has 0 saturated carbocycles. The van der Waals surface area contributed by atoms with Crippen LogP contribution in [-0.2, 0) is 9.84 Å². The first kappa shape index (κ1) is 8.25. The lowest BCUT2D eigenvalue weighted by molar-refractivity contribution is 0.319. The van der Waals surface area contributed by atoms with Gasteiger partial charge in [-0.2, -0.15) is 0 Å². The minimum Gasteiger partial charge on any atom is -0.411 e. The molecule has 0 unspecified atom stereocenters. The molecule has 1 aromatic carbocycles. The molecule has 1 heterocycles. The van der Waals surface area contributed by atoms with Gasteiger partial charge in [-0.05, 0) is 6.07 Å². The van der Waals surface area contributed by atoms with Crippen molar-refractivity contribution in [2.45, 2.75) is 4.90 Å². The second-order valence-electron chi connectivity index (χ2n) is 2.80. The van der Waals surface area contributed by atoms with Crippen LogP contribution in [0.25, 0.3) is 0 Å². The Kier molecular flexibility index (Phi) is 1.63. The lowest BCUT2D eigenvalue weighted by Gasteiger charge is -1.93. The average molecular weight is 197 g/mol. The highest BCUT2D eigenvalue weighted by molar-refractivity contribution is 7.92. The molecule has 0 saturated heterocycles. The zero-order chi connectivity index (χ0) is 9.47. The maximum atomic E-state index is 11.4. The van der Waals surface area contributed by atoms with E-state index in [2.05, 4.69) is 5.16 Å². The molecule has 68 valence electrons. The summed E-state index contributed by atoms with van der Waals surface area (Å²) in [5.74, 6) is -0.206. The van der Waals surface area contributed by atoms with Crippen molar-refractivity contribution in [2.24, 2.45) is 5.16 Å². The van der Waals surface area contributed by atoms with E-state index in [4.69, 9.17) is 5.21 Å². The Hall–Kier alpha value is -1.36. The summed E-state index contributed by atoms with van der Waals surface area (Å²) in [4.78, 5) is 0.253. The van der Waals surface area contributed by atoms with Gasteiger partial charge in [-0.15, -0.1) is 0 Å². The first-order chi connectivity index (χ1) is 6.15. The standard InChI is InChI=1S/C8H7NO3S/c10-9-7-5-13(11,12)8-4-2-1-3-6(7)8/h1-4,10H,5H2. The fourth-order valence-electron chi connectivity index (χ4n) is 1.39. The number of rotatable bonds is 0. The predicted molar refractivity (Wildman–Crippen MR) is 46.8 cm³/mol. The topological polar surface area (TPSA) is 66.7 Å². The van der Waals surface area contributed by atoms with Crippen molar-refractivity contribution < 1.29 is 13.6 Å². The van der Waals surface area contributed by atoms with E-state index in [-0.39, 0.29) is 16.4 Å². The maximum Gasteiger partial charge on any atom is 0.184 e. The molecule has 0 fully saturated rings. The molecule has 1 N–H and O–H groups in total. The van der Waals surface area contributed by atoms with Crippen LogP contribution in [0.15, 0.2) is 34.3 Å². The van der Waals surface area contributed by atoms with Crippen LogP contribution >= 0.6 is 0 Å². The Labute approximate surface area is 75.4 Å². The Bertz CT molecular complexity index is 476. The molecule has 2 rings (SSSR count). The fourth-order valence-corrected chi connectivity index (χ4v) is 2.93. The van der Waals surface area contributed by atoms with Crippen molar-refractivity contribution in [1.29, 1.82) is 0 Å². The normalized spacial score (nSPS) is 21.7. The molecule has 0 aromatic heterocycles. The van der Waals surface area contributed by atoms with Gasteiger partial charge in [0.2, 0.25) is 0 Å². The van der Waals surface area contributed by atoms with Crippen LogP contribution in [0.4, 0.5) is 0 Å². The highest BCUT2D eigenvalue weighted by Gasteiger charge is 2.31. The van der Waals surface area contributed by atoms with Gasteiger partial charge in [0.15, 0.2) is 9.84 Å². The summed E-state index contributed by atoms with van der Waals surface area (Å²) in [5.41, 5.74) is 0.723. The molecule has 1 aliphatic heterocycles. The number of sulfone groups is 1. The molecule has 0 radical (unpaired) electrons. The van der Waals surface area contributed by atoms with E-state index < -0.39 is 9.84 Å².